The SMILES string of the molecule is Cc1cc(NC(=O)c2cnns2)ccc1N. The number of nitrogen functional groups attached to an aromatic ring is 1. The summed E-state index contributed by atoms with van der Waals surface area (Å²) in [5.41, 5.74) is 8.03. The van der Waals surface area contributed by atoms with Crippen molar-refractivity contribution in [3.05, 3.63) is 34.8 Å². The highest BCUT2D eigenvalue weighted by Gasteiger charge is 2.08. The lowest BCUT2D eigenvalue weighted by molar-refractivity contribution is 0.103. The predicted octanol–water partition coefficient (Wildman–Crippen LogP) is 1.68. The van der Waals surface area contributed by atoms with Crippen LogP contribution < -0.4 is 11.1 Å². The Hall–Kier alpha value is -1.95. The largest absolute Gasteiger partial charge is 0.399 e. The Labute approximate surface area is 96.5 Å². The molecular formula is C10H10N4OS. The third kappa shape index (κ3) is 2.17. The number of hydrogen-bond donors (Lipinski definition) is 2. The lowest BCUT2D eigenvalue weighted by Crippen LogP contribution is -2.10. The number of aromatic nitrogens is 2. The normalized spacial score (nSPS) is 10.1. The highest BCUT2D eigenvalue weighted by molar-refractivity contribution is 7.07. The van der Waals surface area contributed by atoms with Crippen LogP contribution in [-0.2, 0) is 0 Å². The lowest BCUT2D eigenvalue weighted by Gasteiger charge is -2.05. The summed E-state index contributed by atoms with van der Waals surface area (Å²) >= 11 is 1.06. The van der Waals surface area contributed by atoms with Crippen molar-refractivity contribution < 1.29 is 4.79 Å². The first kappa shape index (κ1) is 10.6. The Morgan fingerprint density at radius 1 is 1.50 bits per heavy atom. The Kier molecular flexibility index (Phi) is 2.82. The van der Waals surface area contributed by atoms with Crippen LogP contribution >= 0.6 is 11.5 Å². The Balaban J connectivity index is 2.15. The summed E-state index contributed by atoms with van der Waals surface area (Å²) in [7, 11) is 0. The van der Waals surface area contributed by atoms with Gasteiger partial charge in [-0.05, 0) is 42.2 Å². The molecular weight excluding hydrogens is 224 g/mol. The summed E-state index contributed by atoms with van der Waals surface area (Å²) in [6.07, 6.45) is 1.43. The zero-order chi connectivity index (χ0) is 11.5. The van der Waals surface area contributed by atoms with E-state index in [2.05, 4.69) is 14.9 Å². The molecule has 0 unspecified atom stereocenters. The molecule has 5 nitrogen and oxygen atoms in total. The van der Waals surface area contributed by atoms with Crippen LogP contribution in [0, 0.1) is 6.92 Å². The molecule has 1 heterocycles. The maximum absolute atomic E-state index is 11.7. The Morgan fingerprint density at radius 2 is 2.31 bits per heavy atom. The zero-order valence-corrected chi connectivity index (χ0v) is 9.41. The maximum Gasteiger partial charge on any atom is 0.269 e. The van der Waals surface area contributed by atoms with Crippen LogP contribution in [0.2, 0.25) is 0 Å². The standard InChI is InChI=1S/C10H10N4OS/c1-6-4-7(2-3-8(6)11)13-10(15)9-5-12-14-16-9/h2-5H,11H2,1H3,(H,13,15). The monoisotopic (exact) mass is 234 g/mol. The number of benzene rings is 1. The first-order valence-corrected chi connectivity index (χ1v) is 5.39. The fourth-order valence-corrected chi connectivity index (χ4v) is 1.62. The number of aryl methyl sites for hydroxylation is 1. The number of nitrogens with zero attached hydrogens (tertiary/aromatic N) is 2. The number of nitrogens with one attached hydrogen (secondary N) is 1. The molecule has 2 aromatic rings. The van der Waals surface area contributed by atoms with Gasteiger partial charge >= 0.3 is 0 Å². The van der Waals surface area contributed by atoms with Crippen molar-refractivity contribution in [1.82, 2.24) is 9.59 Å². The number of carbonyl (C=O) groups is 1. The van der Waals surface area contributed by atoms with Crippen molar-refractivity contribution >= 4 is 28.8 Å². The topological polar surface area (TPSA) is 80.9 Å². The van der Waals surface area contributed by atoms with E-state index in [-0.39, 0.29) is 5.91 Å². The smallest absolute Gasteiger partial charge is 0.269 e. The Bertz CT molecular complexity index is 510. The van der Waals surface area contributed by atoms with Gasteiger partial charge in [0.15, 0.2) is 0 Å². The second-order valence-electron chi connectivity index (χ2n) is 3.31. The van der Waals surface area contributed by atoms with Crippen molar-refractivity contribution in [2.24, 2.45) is 0 Å². The third-order valence-corrected chi connectivity index (χ3v) is 2.78. The van der Waals surface area contributed by atoms with E-state index in [1.165, 1.54) is 6.20 Å². The molecule has 2 rings (SSSR count). The van der Waals surface area contributed by atoms with E-state index < -0.39 is 0 Å². The van der Waals surface area contributed by atoms with Crippen molar-refractivity contribution in [1.29, 1.82) is 0 Å². The van der Waals surface area contributed by atoms with Crippen molar-refractivity contribution in [2.45, 2.75) is 6.92 Å². The van der Waals surface area contributed by atoms with E-state index in [1.54, 1.807) is 12.1 Å². The molecule has 0 atom stereocenters. The minimum Gasteiger partial charge on any atom is -0.399 e. The first-order chi connectivity index (χ1) is 7.66. The van der Waals surface area contributed by atoms with Crippen LogP contribution in [0.25, 0.3) is 0 Å². The summed E-state index contributed by atoms with van der Waals surface area (Å²) < 4.78 is 3.63. The van der Waals surface area contributed by atoms with Crippen LogP contribution in [0.3, 0.4) is 0 Å². The summed E-state index contributed by atoms with van der Waals surface area (Å²) in [6.45, 7) is 1.89. The second kappa shape index (κ2) is 4.28. The van der Waals surface area contributed by atoms with Gasteiger partial charge in [-0.25, -0.2) is 0 Å². The number of carbonyl (C=O) groups excluding carboxylic acids is 1. The molecule has 0 spiro atoms. The predicted molar refractivity (Wildman–Crippen MR) is 63.5 cm³/mol. The van der Waals surface area contributed by atoms with E-state index in [0.717, 1.165) is 17.1 Å². The highest BCUT2D eigenvalue weighted by Crippen LogP contribution is 2.17. The quantitative estimate of drug-likeness (QED) is 0.775. The van der Waals surface area contributed by atoms with Crippen LogP contribution in [0.15, 0.2) is 24.4 Å². The maximum atomic E-state index is 11.7. The molecule has 1 aromatic carbocycles. The number of anilines is 2. The van der Waals surface area contributed by atoms with Crippen LogP contribution in [0.5, 0.6) is 0 Å². The number of amides is 1. The molecule has 0 aliphatic rings. The molecule has 3 N–H and O–H groups in total. The molecule has 0 saturated heterocycles. The van der Waals surface area contributed by atoms with Gasteiger partial charge in [-0.2, -0.15) is 0 Å². The van der Waals surface area contributed by atoms with Gasteiger partial charge < -0.3 is 11.1 Å². The summed E-state index contributed by atoms with van der Waals surface area (Å²) in [5, 5.41) is 6.35. The van der Waals surface area contributed by atoms with Gasteiger partial charge in [0, 0.05) is 11.4 Å². The average Bonchev–Trinajstić information content (AvgIpc) is 2.77. The van der Waals surface area contributed by atoms with E-state index in [0.29, 0.717) is 16.3 Å². The van der Waals surface area contributed by atoms with E-state index in [1.807, 2.05) is 13.0 Å². The average molecular weight is 234 g/mol. The molecule has 0 aliphatic heterocycles. The van der Waals surface area contributed by atoms with Crippen molar-refractivity contribution in [3.8, 4) is 0 Å². The molecule has 1 aromatic heterocycles. The number of nitrogens with two attached hydrogens (primary N) is 1. The van der Waals surface area contributed by atoms with Crippen molar-refractivity contribution in [3.63, 3.8) is 0 Å². The Morgan fingerprint density at radius 3 is 2.94 bits per heavy atom. The fraction of sp³-hybridized carbons (Fsp3) is 0.100. The van der Waals surface area contributed by atoms with E-state index in [9.17, 15) is 4.79 Å². The molecule has 0 aliphatic carbocycles. The van der Waals surface area contributed by atoms with Crippen LogP contribution in [-0.4, -0.2) is 15.5 Å². The van der Waals surface area contributed by atoms with Crippen LogP contribution in [0.4, 0.5) is 11.4 Å². The molecule has 0 fully saturated rings. The molecule has 1 amide bonds. The van der Waals surface area contributed by atoms with Gasteiger partial charge in [0.25, 0.3) is 5.91 Å². The second-order valence-corrected chi connectivity index (χ2v) is 4.09. The van der Waals surface area contributed by atoms with Gasteiger partial charge in [0.2, 0.25) is 0 Å². The van der Waals surface area contributed by atoms with Gasteiger partial charge in [-0.3, -0.25) is 4.79 Å². The van der Waals surface area contributed by atoms with Gasteiger partial charge in [0.05, 0.1) is 6.20 Å². The highest BCUT2D eigenvalue weighted by atomic mass is 32.1. The van der Waals surface area contributed by atoms with Crippen LogP contribution in [0.1, 0.15) is 15.2 Å². The molecule has 16 heavy (non-hydrogen) atoms. The minimum atomic E-state index is -0.209. The zero-order valence-electron chi connectivity index (χ0n) is 8.60. The molecule has 82 valence electrons. The molecule has 0 bridgehead atoms. The first-order valence-electron chi connectivity index (χ1n) is 4.61. The molecule has 6 heteroatoms. The molecule has 0 radical (unpaired) electrons. The molecule has 0 saturated carbocycles. The van der Waals surface area contributed by atoms with Crippen molar-refractivity contribution in [2.75, 3.05) is 11.1 Å². The fourth-order valence-electron chi connectivity index (χ4n) is 1.21. The minimum absolute atomic E-state index is 0.209. The number of hydrogen-bond acceptors (Lipinski definition) is 5. The summed E-state index contributed by atoms with van der Waals surface area (Å²) in [6, 6.07) is 5.34. The van der Waals surface area contributed by atoms with E-state index in [4.69, 9.17) is 5.73 Å². The summed E-state index contributed by atoms with van der Waals surface area (Å²) in [5.74, 6) is -0.209. The third-order valence-electron chi connectivity index (χ3n) is 2.11. The van der Waals surface area contributed by atoms with E-state index >= 15 is 0 Å². The number of rotatable bonds is 2. The lowest BCUT2D eigenvalue weighted by atomic mass is 10.2. The summed E-state index contributed by atoms with van der Waals surface area (Å²) in [4.78, 5) is 12.1. The van der Waals surface area contributed by atoms with Gasteiger partial charge in [-0.1, -0.05) is 4.49 Å². The van der Waals surface area contributed by atoms with Gasteiger partial charge in [-0.15, -0.1) is 5.10 Å². The van der Waals surface area contributed by atoms with Gasteiger partial charge in [0.1, 0.15) is 4.88 Å².